The van der Waals surface area contributed by atoms with E-state index in [1.165, 1.54) is 0 Å². The molecule has 0 saturated carbocycles. The van der Waals surface area contributed by atoms with Crippen LogP contribution in [0.5, 0.6) is 0 Å². The Bertz CT molecular complexity index is 32.3. The molecule has 8 heteroatoms. The Kier molecular flexibility index (Phi) is 8.86. The quantitative estimate of drug-likeness (QED) is 0.358. The normalized spacial score (nSPS) is 10.8. The number of rotatable bonds is 0. The second-order valence-corrected chi connectivity index (χ2v) is 2.01. The Labute approximate surface area is 56.2 Å². The van der Waals surface area contributed by atoms with E-state index in [1.807, 2.05) is 0 Å². The van der Waals surface area contributed by atoms with Crippen molar-refractivity contribution in [2.45, 2.75) is 0 Å². The molecule has 0 aromatic heterocycles. The van der Waals surface area contributed by atoms with Gasteiger partial charge in [0, 0.05) is 0 Å². The zero-order valence-corrected chi connectivity index (χ0v) is 8.83. The summed E-state index contributed by atoms with van der Waals surface area (Å²) in [5.74, 6) is 0. The van der Waals surface area contributed by atoms with Gasteiger partial charge in [0.05, 0.1) is 0 Å². The number of hydrogen-bond donors (Lipinski definition) is 0. The molecule has 0 aromatic rings. The van der Waals surface area contributed by atoms with Gasteiger partial charge in [0.2, 0.25) is 0 Å². The minimum absolute atomic E-state index is 3.00. The third kappa shape index (κ3) is 281. The summed E-state index contributed by atoms with van der Waals surface area (Å²) < 4.78 is 59.0. The van der Waals surface area contributed by atoms with Crippen molar-refractivity contribution in [1.29, 1.82) is 0 Å². The van der Waals surface area contributed by atoms with Crippen molar-refractivity contribution in [3.8, 4) is 0 Å². The minimum atomic E-state index is -6.61. The number of hydrogen-bond acceptors (Lipinski definition) is 0. The van der Waals surface area contributed by atoms with Gasteiger partial charge in [-0.3, -0.25) is 0 Å². The molecular formula is HF6PTl. The van der Waals surface area contributed by atoms with Gasteiger partial charge in [-0.1, -0.05) is 0 Å². The van der Waals surface area contributed by atoms with Crippen molar-refractivity contribution in [2.75, 3.05) is 0 Å². The molecule has 0 aliphatic carbocycles. The third-order valence-corrected chi connectivity index (χ3v) is 0. The van der Waals surface area contributed by atoms with Crippen LogP contribution >= 0.6 is 8.51 Å². The molecule has 0 bridgehead atoms. The molecule has 0 amide bonds. The Hall–Kier alpha value is 0.932. The predicted molar refractivity (Wildman–Crippen MR) is 20.7 cm³/mol. The van der Waals surface area contributed by atoms with Crippen LogP contribution in [0.4, 0.5) is 21.8 Å². The summed E-state index contributed by atoms with van der Waals surface area (Å²) in [4.78, 5) is 0. The molecule has 8 heavy (non-hydrogen) atoms. The van der Waals surface area contributed by atoms with Gasteiger partial charge in [-0.2, -0.15) is 0 Å². The average molecular weight is 350 g/mol. The number of halogens is 6. The van der Waals surface area contributed by atoms with Gasteiger partial charge in [0.15, 0.2) is 0 Å². The fourth-order valence-electron chi connectivity index (χ4n) is 0. The molecule has 0 aliphatic rings. The summed E-state index contributed by atoms with van der Waals surface area (Å²) in [5, 5.41) is 0. The Balaban J connectivity index is 0. The van der Waals surface area contributed by atoms with Crippen LogP contribution < -0.4 is 0 Å². The van der Waals surface area contributed by atoms with E-state index in [0.29, 0.717) is 0 Å². The zero-order valence-electron chi connectivity index (χ0n) is 3.35. The summed E-state index contributed by atoms with van der Waals surface area (Å²) >= 11 is -3.00. The van der Waals surface area contributed by atoms with Gasteiger partial charge in [-0.05, 0) is 0 Å². The van der Waals surface area contributed by atoms with Gasteiger partial charge >= 0.3 is 55.8 Å². The van der Waals surface area contributed by atoms with Crippen molar-refractivity contribution < 1.29 is 21.8 Å². The maximum absolute atomic E-state index is 9.83. The van der Waals surface area contributed by atoms with Gasteiger partial charge < -0.3 is 0 Å². The first-order chi connectivity index (χ1) is 3.41. The topological polar surface area (TPSA) is 0 Å². The molecule has 0 unspecified atom stereocenters. The van der Waals surface area contributed by atoms with Gasteiger partial charge in [0.25, 0.3) is 0 Å². The summed E-state index contributed by atoms with van der Waals surface area (Å²) in [6, 6.07) is 0. The third-order valence-electron chi connectivity index (χ3n) is 0. The maximum atomic E-state index is 9.83. The van der Waals surface area contributed by atoms with E-state index in [9.17, 15) is 21.8 Å². The Morgan fingerprint density at radius 1 is 0.875 bits per heavy atom. The summed E-state index contributed by atoms with van der Waals surface area (Å²) in [5.41, 5.74) is 0. The van der Waals surface area contributed by atoms with Crippen LogP contribution in [-0.4, -0.2) is 25.5 Å². The molecule has 0 fully saturated rings. The monoisotopic (exact) mass is 351 g/mol. The molecule has 0 N–H and O–H groups in total. The molecule has 0 aromatic carbocycles. The first-order valence-electron chi connectivity index (χ1n) is 1.19. The standard InChI is InChI=1S/F4HP.2FH.Tl/c1-5(2,3)4;;;/h5H;2*1H;/q;;;+2/p-2. The van der Waals surface area contributed by atoms with E-state index in [4.69, 9.17) is 0 Å². The summed E-state index contributed by atoms with van der Waals surface area (Å²) in [6.07, 6.45) is 0. The van der Waals surface area contributed by atoms with Crippen LogP contribution in [0.15, 0.2) is 0 Å². The van der Waals surface area contributed by atoms with E-state index in [2.05, 4.69) is 0 Å². The van der Waals surface area contributed by atoms with Gasteiger partial charge in [-0.15, -0.1) is 0 Å². The second-order valence-electron chi connectivity index (χ2n) is 0.511. The summed E-state index contributed by atoms with van der Waals surface area (Å²) in [6.45, 7) is 0. The molecule has 0 atom stereocenters. The van der Waals surface area contributed by atoms with Gasteiger partial charge in [-0.25, -0.2) is 0 Å². The molecular weight excluding hydrogens is 349 g/mol. The van der Waals surface area contributed by atoms with Crippen LogP contribution in [0.3, 0.4) is 0 Å². The van der Waals surface area contributed by atoms with Crippen LogP contribution in [0.2, 0.25) is 0 Å². The zero-order chi connectivity index (χ0) is 7.21. The van der Waals surface area contributed by atoms with Crippen LogP contribution in [0, 0.1) is 0 Å². The molecule has 0 spiro atoms. The van der Waals surface area contributed by atoms with Crippen molar-refractivity contribution in [3.63, 3.8) is 0 Å². The van der Waals surface area contributed by atoms with Crippen molar-refractivity contribution in [3.05, 3.63) is 0 Å². The van der Waals surface area contributed by atoms with Crippen molar-refractivity contribution in [2.24, 2.45) is 0 Å². The first-order valence-corrected chi connectivity index (χ1v) is 6.10. The molecule has 0 saturated heterocycles. The average Bonchev–Trinajstić information content (AvgIpc) is 1.27. The summed E-state index contributed by atoms with van der Waals surface area (Å²) in [7, 11) is -6.61. The van der Waals surface area contributed by atoms with Crippen molar-refractivity contribution in [1.82, 2.24) is 0 Å². The van der Waals surface area contributed by atoms with E-state index in [1.54, 1.807) is 0 Å². The van der Waals surface area contributed by atoms with E-state index < -0.39 is 34.0 Å². The van der Waals surface area contributed by atoms with Crippen LogP contribution in [0.1, 0.15) is 0 Å². The van der Waals surface area contributed by atoms with Crippen molar-refractivity contribution >= 4 is 34.0 Å². The second kappa shape index (κ2) is 6.06. The molecule has 0 nitrogen and oxygen atoms in total. The molecule has 0 heterocycles. The van der Waals surface area contributed by atoms with E-state index in [0.717, 1.165) is 0 Å². The molecule has 0 rings (SSSR count). The fraction of sp³-hybridized carbons (Fsp3) is 0. The first kappa shape index (κ1) is 11.7. The Morgan fingerprint density at radius 2 is 0.875 bits per heavy atom. The SMILES string of the molecule is F[PH](F)(F)F.[F][Tl][F]. The fourth-order valence-corrected chi connectivity index (χ4v) is 0. The molecule has 0 aliphatic heterocycles. The van der Waals surface area contributed by atoms with Crippen LogP contribution in [-0.2, 0) is 0 Å². The van der Waals surface area contributed by atoms with Crippen LogP contribution in [0.25, 0.3) is 0 Å². The van der Waals surface area contributed by atoms with E-state index >= 15 is 0 Å². The molecule has 0 radical (unpaired) electrons. The van der Waals surface area contributed by atoms with Gasteiger partial charge in [0.1, 0.15) is 0 Å². The predicted octanol–water partition coefficient (Wildman–Crippen LogP) is 2.73. The Morgan fingerprint density at radius 3 is 0.875 bits per heavy atom. The van der Waals surface area contributed by atoms with E-state index in [-0.39, 0.29) is 0 Å². The molecule has 51 valence electrons.